The third-order valence-electron chi connectivity index (χ3n) is 2.79. The lowest BCUT2D eigenvalue weighted by molar-refractivity contribution is 0.0944. The van der Waals surface area contributed by atoms with Gasteiger partial charge in [-0.1, -0.05) is 13.3 Å². The van der Waals surface area contributed by atoms with Crippen molar-refractivity contribution < 1.29 is 4.79 Å². The van der Waals surface area contributed by atoms with Crippen molar-refractivity contribution in [2.24, 2.45) is 5.92 Å². The van der Waals surface area contributed by atoms with Gasteiger partial charge in [0.1, 0.15) is 5.69 Å². The number of H-pyrrole nitrogens is 1. The summed E-state index contributed by atoms with van der Waals surface area (Å²) >= 11 is 3.31. The second kappa shape index (κ2) is 4.39. The molecule has 0 aliphatic heterocycles. The minimum absolute atomic E-state index is 0.00398. The Balaban J connectivity index is 1.84. The summed E-state index contributed by atoms with van der Waals surface area (Å²) in [6.45, 7) is 2.18. The molecular weight excluding hydrogens is 256 g/mol. The molecule has 1 heterocycles. The summed E-state index contributed by atoms with van der Waals surface area (Å²) in [5.41, 5.74) is 0.629. The van der Waals surface area contributed by atoms with E-state index in [1.807, 2.05) is 0 Å². The maximum atomic E-state index is 11.7. The Morgan fingerprint density at radius 1 is 1.73 bits per heavy atom. The Kier molecular flexibility index (Phi) is 3.14. The quantitative estimate of drug-likeness (QED) is 0.868. The molecule has 1 aliphatic carbocycles. The third-order valence-corrected chi connectivity index (χ3v) is 3.25. The maximum absolute atomic E-state index is 11.7. The van der Waals surface area contributed by atoms with Crippen LogP contribution in [0, 0.1) is 5.92 Å². The fourth-order valence-electron chi connectivity index (χ4n) is 1.86. The average molecular weight is 271 g/mol. The number of carbonyl (C=O) groups excluding carboxylic acids is 1. The molecule has 2 atom stereocenters. The van der Waals surface area contributed by atoms with Gasteiger partial charge in [0, 0.05) is 16.7 Å². The Hall–Kier alpha value is -0.770. The molecule has 82 valence electrons. The van der Waals surface area contributed by atoms with Gasteiger partial charge < -0.3 is 10.3 Å². The molecule has 0 spiro atoms. The largest absolute Gasteiger partial charge is 0.356 e. The van der Waals surface area contributed by atoms with Crippen LogP contribution in [0.4, 0.5) is 0 Å². The van der Waals surface area contributed by atoms with Crippen molar-refractivity contribution >= 4 is 21.8 Å². The lowest BCUT2D eigenvalue weighted by Gasteiger charge is -2.01. The van der Waals surface area contributed by atoms with E-state index in [2.05, 4.69) is 33.2 Å². The number of hydrogen-bond donors (Lipinski definition) is 2. The summed E-state index contributed by atoms with van der Waals surface area (Å²) in [6.07, 6.45) is 5.33. The summed E-state index contributed by atoms with van der Waals surface area (Å²) in [5, 5.41) is 3.03. The van der Waals surface area contributed by atoms with Crippen molar-refractivity contribution in [1.82, 2.24) is 10.3 Å². The first kappa shape index (κ1) is 10.7. The van der Waals surface area contributed by atoms with Gasteiger partial charge in [-0.2, -0.15) is 0 Å². The van der Waals surface area contributed by atoms with Crippen molar-refractivity contribution in [2.75, 3.05) is 0 Å². The molecule has 1 aromatic rings. The van der Waals surface area contributed by atoms with Crippen LogP contribution in [-0.4, -0.2) is 16.9 Å². The van der Waals surface area contributed by atoms with Crippen LogP contribution in [0.5, 0.6) is 0 Å². The maximum Gasteiger partial charge on any atom is 0.267 e. The van der Waals surface area contributed by atoms with E-state index in [1.165, 1.54) is 12.8 Å². The van der Waals surface area contributed by atoms with Crippen LogP contribution >= 0.6 is 15.9 Å². The van der Waals surface area contributed by atoms with E-state index in [0.717, 1.165) is 10.9 Å². The van der Waals surface area contributed by atoms with Gasteiger partial charge in [-0.05, 0) is 40.8 Å². The van der Waals surface area contributed by atoms with Crippen LogP contribution in [0.1, 0.15) is 36.7 Å². The normalized spacial score (nSPS) is 23.9. The Bertz CT molecular complexity index is 361. The molecule has 3 nitrogen and oxygen atoms in total. The number of hydrogen-bond acceptors (Lipinski definition) is 1. The summed E-state index contributed by atoms with van der Waals surface area (Å²) in [7, 11) is 0. The average Bonchev–Trinajstić information content (AvgIpc) is 2.76. The van der Waals surface area contributed by atoms with E-state index in [4.69, 9.17) is 0 Å². The van der Waals surface area contributed by atoms with Gasteiger partial charge in [0.2, 0.25) is 0 Å². The molecule has 2 unspecified atom stereocenters. The lowest BCUT2D eigenvalue weighted by atomic mass is 10.2. The van der Waals surface area contributed by atoms with Crippen molar-refractivity contribution in [3.8, 4) is 0 Å². The van der Waals surface area contributed by atoms with E-state index in [1.54, 1.807) is 12.3 Å². The van der Waals surface area contributed by atoms with E-state index >= 15 is 0 Å². The van der Waals surface area contributed by atoms with Crippen LogP contribution in [0.3, 0.4) is 0 Å². The van der Waals surface area contributed by atoms with E-state index in [0.29, 0.717) is 17.7 Å². The zero-order chi connectivity index (χ0) is 10.8. The topological polar surface area (TPSA) is 44.9 Å². The summed E-state index contributed by atoms with van der Waals surface area (Å²) < 4.78 is 0.911. The van der Waals surface area contributed by atoms with Gasteiger partial charge in [-0.15, -0.1) is 0 Å². The van der Waals surface area contributed by atoms with Crippen molar-refractivity contribution in [3.05, 3.63) is 22.4 Å². The zero-order valence-electron chi connectivity index (χ0n) is 8.72. The molecule has 0 saturated heterocycles. The Morgan fingerprint density at radius 2 is 2.53 bits per heavy atom. The van der Waals surface area contributed by atoms with Crippen molar-refractivity contribution in [1.29, 1.82) is 0 Å². The van der Waals surface area contributed by atoms with Crippen molar-refractivity contribution in [2.45, 2.75) is 32.2 Å². The van der Waals surface area contributed by atoms with Gasteiger partial charge in [0.25, 0.3) is 5.91 Å². The van der Waals surface area contributed by atoms with Gasteiger partial charge in [-0.25, -0.2) is 0 Å². The van der Waals surface area contributed by atoms with Gasteiger partial charge >= 0.3 is 0 Å². The standard InChI is InChI=1S/C11H15BrN2O/c1-2-3-7-4-9(7)14-11(15)10-5-8(12)6-13-10/h5-7,9,13H,2-4H2,1H3,(H,14,15). The van der Waals surface area contributed by atoms with E-state index < -0.39 is 0 Å². The van der Waals surface area contributed by atoms with Crippen LogP contribution in [-0.2, 0) is 0 Å². The first-order valence-electron chi connectivity index (χ1n) is 5.35. The molecule has 0 aromatic carbocycles. The first-order valence-corrected chi connectivity index (χ1v) is 6.14. The third kappa shape index (κ3) is 2.62. The SMILES string of the molecule is CCCC1CC1NC(=O)c1cc(Br)c[nH]1. The number of amides is 1. The van der Waals surface area contributed by atoms with Crippen LogP contribution < -0.4 is 5.32 Å². The van der Waals surface area contributed by atoms with Crippen LogP contribution in [0.25, 0.3) is 0 Å². The molecule has 4 heteroatoms. The predicted molar refractivity (Wildman–Crippen MR) is 62.8 cm³/mol. The molecule has 2 rings (SSSR count). The highest BCUT2D eigenvalue weighted by Crippen LogP contribution is 2.34. The highest BCUT2D eigenvalue weighted by molar-refractivity contribution is 9.10. The minimum atomic E-state index is 0.00398. The summed E-state index contributed by atoms with van der Waals surface area (Å²) in [5.74, 6) is 0.710. The molecule has 2 N–H and O–H groups in total. The molecule has 15 heavy (non-hydrogen) atoms. The highest BCUT2D eigenvalue weighted by atomic mass is 79.9. The number of halogens is 1. The fourth-order valence-corrected chi connectivity index (χ4v) is 2.20. The summed E-state index contributed by atoms with van der Waals surface area (Å²) in [6, 6.07) is 2.20. The van der Waals surface area contributed by atoms with Crippen LogP contribution in [0.2, 0.25) is 0 Å². The number of rotatable bonds is 4. The summed E-state index contributed by atoms with van der Waals surface area (Å²) in [4.78, 5) is 14.6. The van der Waals surface area contributed by atoms with Gasteiger partial charge in [0.15, 0.2) is 0 Å². The molecule has 1 aliphatic rings. The Labute approximate surface area is 97.8 Å². The number of carbonyl (C=O) groups is 1. The van der Waals surface area contributed by atoms with Gasteiger partial charge in [0.05, 0.1) is 0 Å². The highest BCUT2D eigenvalue weighted by Gasteiger charge is 2.37. The van der Waals surface area contributed by atoms with E-state index in [-0.39, 0.29) is 5.91 Å². The smallest absolute Gasteiger partial charge is 0.267 e. The Morgan fingerprint density at radius 3 is 3.13 bits per heavy atom. The molecule has 0 radical (unpaired) electrons. The second-order valence-corrected chi connectivity index (χ2v) is 5.01. The van der Waals surface area contributed by atoms with E-state index in [9.17, 15) is 4.79 Å². The van der Waals surface area contributed by atoms with Crippen LogP contribution in [0.15, 0.2) is 16.7 Å². The zero-order valence-corrected chi connectivity index (χ0v) is 10.3. The number of aromatic amines is 1. The first-order chi connectivity index (χ1) is 7.20. The molecule has 1 saturated carbocycles. The molecule has 0 bridgehead atoms. The minimum Gasteiger partial charge on any atom is -0.356 e. The molecule has 1 aromatic heterocycles. The van der Waals surface area contributed by atoms with Crippen molar-refractivity contribution in [3.63, 3.8) is 0 Å². The monoisotopic (exact) mass is 270 g/mol. The fraction of sp³-hybridized carbons (Fsp3) is 0.545. The molecule has 1 amide bonds. The predicted octanol–water partition coefficient (Wildman–Crippen LogP) is 2.70. The second-order valence-electron chi connectivity index (χ2n) is 4.10. The number of aromatic nitrogens is 1. The molecule has 1 fully saturated rings. The number of nitrogens with one attached hydrogen (secondary N) is 2. The molecular formula is C11H15BrN2O. The lowest BCUT2D eigenvalue weighted by Crippen LogP contribution is -2.27. The van der Waals surface area contributed by atoms with Gasteiger partial charge in [-0.3, -0.25) is 4.79 Å².